The Labute approximate surface area is 145 Å². The van der Waals surface area contributed by atoms with Crippen LogP contribution in [-0.2, 0) is 10.0 Å². The normalized spacial score (nSPS) is 12.7. The van der Waals surface area contributed by atoms with Gasteiger partial charge in [-0.05, 0) is 36.8 Å². The highest BCUT2D eigenvalue weighted by Crippen LogP contribution is 2.21. The highest BCUT2D eigenvalue weighted by Gasteiger charge is 2.16. The van der Waals surface area contributed by atoms with Gasteiger partial charge in [0.2, 0.25) is 10.0 Å². The van der Waals surface area contributed by atoms with Crippen molar-refractivity contribution in [2.45, 2.75) is 13.0 Å². The smallest absolute Gasteiger partial charge is 0.287 e. The fraction of sp³-hybridized carbons (Fsp3) is 0.167. The average molecular weight is 358 g/mol. The Bertz CT molecular complexity index is 991. The molecule has 0 spiro atoms. The topological polar surface area (TPSA) is 88.4 Å². The lowest BCUT2D eigenvalue weighted by atomic mass is 10.1. The number of benzene rings is 2. The molecule has 2 N–H and O–H groups in total. The van der Waals surface area contributed by atoms with Gasteiger partial charge in [-0.1, -0.05) is 30.3 Å². The second-order valence-electron chi connectivity index (χ2n) is 5.84. The molecule has 130 valence electrons. The highest BCUT2D eigenvalue weighted by atomic mass is 32.2. The summed E-state index contributed by atoms with van der Waals surface area (Å²) in [6.45, 7) is 1.82. The van der Waals surface area contributed by atoms with Gasteiger partial charge in [0.25, 0.3) is 5.91 Å². The summed E-state index contributed by atoms with van der Waals surface area (Å²) in [7, 11) is -3.35. The second kappa shape index (κ2) is 6.60. The molecule has 1 amide bonds. The fourth-order valence-corrected chi connectivity index (χ4v) is 3.09. The van der Waals surface area contributed by atoms with Gasteiger partial charge in [-0.2, -0.15) is 0 Å². The van der Waals surface area contributed by atoms with Crippen molar-refractivity contribution in [1.82, 2.24) is 5.32 Å². The van der Waals surface area contributed by atoms with Crippen LogP contribution in [0.3, 0.4) is 0 Å². The van der Waals surface area contributed by atoms with Crippen LogP contribution in [0.15, 0.2) is 59.0 Å². The summed E-state index contributed by atoms with van der Waals surface area (Å²) in [4.78, 5) is 12.4. The Balaban J connectivity index is 1.76. The first-order chi connectivity index (χ1) is 11.8. The van der Waals surface area contributed by atoms with Crippen LogP contribution in [0.2, 0.25) is 0 Å². The molecule has 0 radical (unpaired) electrons. The minimum Gasteiger partial charge on any atom is -0.451 e. The Kier molecular flexibility index (Phi) is 4.50. The Morgan fingerprint density at radius 1 is 1.08 bits per heavy atom. The summed E-state index contributed by atoms with van der Waals surface area (Å²) in [5, 5.41) is 3.71. The molecule has 0 aliphatic rings. The number of carbonyl (C=O) groups is 1. The van der Waals surface area contributed by atoms with E-state index in [9.17, 15) is 13.2 Å². The van der Waals surface area contributed by atoms with E-state index in [1.807, 2.05) is 31.2 Å². The van der Waals surface area contributed by atoms with Crippen molar-refractivity contribution in [2.24, 2.45) is 0 Å². The van der Waals surface area contributed by atoms with Crippen molar-refractivity contribution in [1.29, 1.82) is 0 Å². The fourth-order valence-electron chi connectivity index (χ4n) is 2.53. The van der Waals surface area contributed by atoms with E-state index in [4.69, 9.17) is 4.42 Å². The number of carbonyl (C=O) groups excluding carboxylic acids is 1. The molecule has 0 saturated heterocycles. The van der Waals surface area contributed by atoms with Crippen molar-refractivity contribution in [3.05, 3.63) is 65.9 Å². The molecule has 1 atom stereocenters. The van der Waals surface area contributed by atoms with Crippen LogP contribution in [0.25, 0.3) is 11.0 Å². The molecular formula is C18H18N2O4S. The summed E-state index contributed by atoms with van der Waals surface area (Å²) in [5.74, 6) is -0.0939. The van der Waals surface area contributed by atoms with E-state index in [0.29, 0.717) is 11.3 Å². The molecule has 0 aliphatic carbocycles. The zero-order valence-electron chi connectivity index (χ0n) is 13.8. The number of nitrogens with one attached hydrogen (secondary N) is 2. The van der Waals surface area contributed by atoms with Gasteiger partial charge >= 0.3 is 0 Å². The highest BCUT2D eigenvalue weighted by molar-refractivity contribution is 7.92. The summed E-state index contributed by atoms with van der Waals surface area (Å²) in [6, 6.07) is 15.7. The summed E-state index contributed by atoms with van der Waals surface area (Å²) in [5.41, 5.74) is 1.88. The van der Waals surface area contributed by atoms with Gasteiger partial charge in [0.1, 0.15) is 5.58 Å². The van der Waals surface area contributed by atoms with Crippen molar-refractivity contribution < 1.29 is 17.6 Å². The van der Waals surface area contributed by atoms with Crippen LogP contribution >= 0.6 is 0 Å². The Hall–Kier alpha value is -2.80. The largest absolute Gasteiger partial charge is 0.451 e. The molecule has 0 bridgehead atoms. The molecule has 7 heteroatoms. The van der Waals surface area contributed by atoms with Gasteiger partial charge in [-0.15, -0.1) is 0 Å². The van der Waals surface area contributed by atoms with E-state index in [2.05, 4.69) is 10.0 Å². The number of rotatable bonds is 5. The molecular weight excluding hydrogens is 340 g/mol. The maximum absolute atomic E-state index is 12.4. The van der Waals surface area contributed by atoms with Crippen LogP contribution in [0.1, 0.15) is 29.1 Å². The lowest BCUT2D eigenvalue weighted by molar-refractivity contribution is 0.0914. The predicted molar refractivity (Wildman–Crippen MR) is 97.0 cm³/mol. The lowest BCUT2D eigenvalue weighted by Crippen LogP contribution is -2.26. The molecule has 6 nitrogen and oxygen atoms in total. The summed E-state index contributed by atoms with van der Waals surface area (Å²) < 4.78 is 30.6. The van der Waals surface area contributed by atoms with E-state index < -0.39 is 10.0 Å². The van der Waals surface area contributed by atoms with Crippen LogP contribution in [0, 0.1) is 0 Å². The molecule has 0 saturated carbocycles. The third-order valence-electron chi connectivity index (χ3n) is 3.69. The molecule has 0 fully saturated rings. The quantitative estimate of drug-likeness (QED) is 0.732. The number of furan rings is 1. The number of sulfonamides is 1. The second-order valence-corrected chi connectivity index (χ2v) is 7.59. The molecule has 3 aromatic rings. The number of amides is 1. The average Bonchev–Trinajstić information content (AvgIpc) is 2.97. The molecule has 2 aromatic carbocycles. The summed E-state index contributed by atoms with van der Waals surface area (Å²) in [6.07, 6.45) is 1.09. The van der Waals surface area contributed by atoms with Gasteiger partial charge in [0, 0.05) is 11.1 Å². The minimum absolute atomic E-state index is 0.235. The molecule has 1 aromatic heterocycles. The van der Waals surface area contributed by atoms with Crippen LogP contribution in [0.5, 0.6) is 0 Å². The zero-order valence-corrected chi connectivity index (χ0v) is 14.6. The van der Waals surface area contributed by atoms with Crippen LogP contribution < -0.4 is 10.0 Å². The van der Waals surface area contributed by atoms with Crippen LogP contribution in [0.4, 0.5) is 5.69 Å². The van der Waals surface area contributed by atoms with Gasteiger partial charge in [-0.25, -0.2) is 8.42 Å². The van der Waals surface area contributed by atoms with Gasteiger partial charge in [0.15, 0.2) is 5.76 Å². The van der Waals surface area contributed by atoms with Crippen molar-refractivity contribution in [3.8, 4) is 0 Å². The summed E-state index contributed by atoms with van der Waals surface area (Å²) >= 11 is 0. The van der Waals surface area contributed by atoms with E-state index in [1.165, 1.54) is 0 Å². The molecule has 25 heavy (non-hydrogen) atoms. The van der Waals surface area contributed by atoms with Crippen molar-refractivity contribution in [2.75, 3.05) is 11.0 Å². The number of hydrogen-bond donors (Lipinski definition) is 2. The molecule has 0 unspecified atom stereocenters. The van der Waals surface area contributed by atoms with E-state index in [1.54, 1.807) is 30.3 Å². The number of fused-ring (bicyclic) bond motifs is 1. The first-order valence-electron chi connectivity index (χ1n) is 7.69. The van der Waals surface area contributed by atoms with Crippen molar-refractivity contribution in [3.63, 3.8) is 0 Å². The van der Waals surface area contributed by atoms with Crippen molar-refractivity contribution >= 4 is 32.6 Å². The number of anilines is 1. The van der Waals surface area contributed by atoms with Crippen LogP contribution in [-0.4, -0.2) is 20.6 Å². The number of para-hydroxylation sites is 1. The standard InChI is InChI=1S/C18H18N2O4S/c1-12(13-7-5-8-15(10-13)20-25(2,22)23)19-18(21)17-11-14-6-3-4-9-16(14)24-17/h3-12,20H,1-2H3,(H,19,21)/t12-/m1/s1. The van der Waals surface area contributed by atoms with E-state index in [0.717, 1.165) is 17.2 Å². The molecule has 3 rings (SSSR count). The first kappa shape index (κ1) is 17.0. The Morgan fingerprint density at radius 3 is 2.56 bits per heavy atom. The maximum Gasteiger partial charge on any atom is 0.287 e. The monoisotopic (exact) mass is 358 g/mol. The van der Waals surface area contributed by atoms with E-state index in [-0.39, 0.29) is 17.7 Å². The molecule has 1 heterocycles. The Morgan fingerprint density at radius 2 is 1.84 bits per heavy atom. The van der Waals surface area contributed by atoms with Gasteiger partial charge in [0.05, 0.1) is 12.3 Å². The zero-order chi connectivity index (χ0) is 18.0. The third-order valence-corrected chi connectivity index (χ3v) is 4.29. The lowest BCUT2D eigenvalue weighted by Gasteiger charge is -2.14. The first-order valence-corrected chi connectivity index (χ1v) is 9.58. The maximum atomic E-state index is 12.4. The van der Waals surface area contributed by atoms with Gasteiger partial charge < -0.3 is 9.73 Å². The van der Waals surface area contributed by atoms with Gasteiger partial charge in [-0.3, -0.25) is 9.52 Å². The minimum atomic E-state index is -3.35. The number of hydrogen-bond acceptors (Lipinski definition) is 4. The predicted octanol–water partition coefficient (Wildman–Crippen LogP) is 3.30. The molecule has 0 aliphatic heterocycles. The van der Waals surface area contributed by atoms with E-state index >= 15 is 0 Å². The SMILES string of the molecule is C[C@@H](NC(=O)c1cc2ccccc2o1)c1cccc(NS(C)(=O)=O)c1. The third kappa shape index (κ3) is 4.19.